The molecule has 0 aromatic carbocycles. The highest BCUT2D eigenvalue weighted by Crippen LogP contribution is 2.42. The lowest BCUT2D eigenvalue weighted by Crippen LogP contribution is -2.61. The lowest BCUT2D eigenvalue weighted by atomic mass is 9.72. The molecule has 0 saturated carbocycles. The Morgan fingerprint density at radius 1 is 1.24 bits per heavy atom. The van der Waals surface area contributed by atoms with E-state index in [1.807, 2.05) is 24.0 Å². The second-order valence-electron chi connectivity index (χ2n) is 10.7. The fourth-order valence-corrected chi connectivity index (χ4v) is 4.78. The third-order valence-corrected chi connectivity index (χ3v) is 6.86. The average Bonchev–Trinajstić information content (AvgIpc) is 2.85. The molecule has 11 nitrogen and oxygen atoms in total. The van der Waals surface area contributed by atoms with Crippen LogP contribution in [0.25, 0.3) is 5.57 Å². The van der Waals surface area contributed by atoms with Crippen molar-refractivity contribution in [1.29, 1.82) is 5.41 Å². The number of piperidine rings is 1. The molecule has 2 aliphatic heterocycles. The van der Waals surface area contributed by atoms with Crippen LogP contribution in [0.5, 0.6) is 5.75 Å². The second kappa shape index (κ2) is 11.3. The van der Waals surface area contributed by atoms with E-state index < -0.39 is 5.60 Å². The number of hydrogen-bond donors (Lipinski definition) is 4. The maximum Gasteiger partial charge on any atom is 0.219 e. The van der Waals surface area contributed by atoms with Crippen LogP contribution in [0.3, 0.4) is 0 Å². The van der Waals surface area contributed by atoms with Crippen molar-refractivity contribution in [2.75, 3.05) is 49.5 Å². The van der Waals surface area contributed by atoms with Crippen molar-refractivity contribution in [3.8, 4) is 5.75 Å². The monoisotopic (exact) mass is 522 g/mol. The number of allylic oxidation sites excluding steroid dienone is 1. The van der Waals surface area contributed by atoms with Gasteiger partial charge in [0.1, 0.15) is 23.2 Å². The van der Waals surface area contributed by atoms with Crippen LogP contribution in [-0.2, 0) is 4.79 Å². The number of amides is 1. The van der Waals surface area contributed by atoms with Crippen molar-refractivity contribution in [3.05, 3.63) is 36.4 Å². The van der Waals surface area contributed by atoms with Crippen LogP contribution in [0.1, 0.15) is 46.4 Å². The first kappa shape index (κ1) is 27.3. The molecule has 1 spiro atoms. The van der Waals surface area contributed by atoms with Gasteiger partial charge >= 0.3 is 0 Å². The molecule has 204 valence electrons. The number of hydrogen-bond acceptors (Lipinski definition) is 10. The van der Waals surface area contributed by atoms with Gasteiger partial charge in [0.15, 0.2) is 5.82 Å². The summed E-state index contributed by atoms with van der Waals surface area (Å²) in [6.07, 6.45) is 6.48. The Morgan fingerprint density at radius 3 is 2.61 bits per heavy atom. The largest absolute Gasteiger partial charge is 0.494 e. The topological polar surface area (TPSA) is 140 Å². The summed E-state index contributed by atoms with van der Waals surface area (Å²) < 4.78 is 5.60. The first-order valence-corrected chi connectivity index (χ1v) is 13.0. The molecule has 0 radical (unpaired) electrons. The zero-order valence-corrected chi connectivity index (χ0v) is 22.6. The predicted octanol–water partition coefficient (Wildman–Crippen LogP) is 2.81. The molecule has 4 rings (SSSR count). The first-order valence-electron chi connectivity index (χ1n) is 13.0. The van der Waals surface area contributed by atoms with Gasteiger partial charge in [-0.2, -0.15) is 0 Å². The average molecular weight is 523 g/mol. The van der Waals surface area contributed by atoms with E-state index in [4.69, 9.17) is 15.1 Å². The van der Waals surface area contributed by atoms with Gasteiger partial charge in [-0.05, 0) is 39.7 Å². The number of rotatable bonds is 10. The highest BCUT2D eigenvalue weighted by Gasteiger charge is 2.45. The number of aromatic nitrogens is 3. The van der Waals surface area contributed by atoms with Crippen LogP contribution < -0.4 is 20.3 Å². The van der Waals surface area contributed by atoms with Crippen molar-refractivity contribution in [2.24, 2.45) is 5.41 Å². The number of carbonyl (C=O) groups is 1. The normalized spacial score (nSPS) is 17.1. The molecule has 0 aliphatic carbocycles. The minimum atomic E-state index is -0.903. The van der Waals surface area contributed by atoms with Gasteiger partial charge in [0, 0.05) is 75.8 Å². The highest BCUT2D eigenvalue weighted by molar-refractivity contribution is 6.06. The van der Waals surface area contributed by atoms with Crippen molar-refractivity contribution in [1.82, 2.24) is 25.2 Å². The fourth-order valence-electron chi connectivity index (χ4n) is 4.78. The Bertz CT molecular complexity index is 1180. The molecule has 0 unspecified atom stereocenters. The quantitative estimate of drug-likeness (QED) is 0.347. The van der Waals surface area contributed by atoms with Gasteiger partial charge in [0.25, 0.3) is 0 Å². The lowest BCUT2D eigenvalue weighted by Gasteiger charge is -2.54. The van der Waals surface area contributed by atoms with Crippen molar-refractivity contribution in [3.63, 3.8) is 0 Å². The number of nitrogens with zero attached hydrogens (tertiary/aromatic N) is 5. The summed E-state index contributed by atoms with van der Waals surface area (Å²) in [7, 11) is 0. The number of carbonyl (C=O) groups excluding carboxylic acids is 1. The summed E-state index contributed by atoms with van der Waals surface area (Å²) in [5, 5.41) is 24.3. The zero-order chi connectivity index (χ0) is 27.3. The second-order valence-corrected chi connectivity index (χ2v) is 10.7. The smallest absolute Gasteiger partial charge is 0.219 e. The van der Waals surface area contributed by atoms with Crippen LogP contribution in [0.15, 0.2) is 30.6 Å². The van der Waals surface area contributed by atoms with Crippen LogP contribution in [-0.4, -0.2) is 82.0 Å². The van der Waals surface area contributed by atoms with Gasteiger partial charge in [-0.3, -0.25) is 4.79 Å². The minimum Gasteiger partial charge on any atom is -0.494 e. The fraction of sp³-hybridized carbons (Fsp3) is 0.519. The Morgan fingerprint density at radius 2 is 1.97 bits per heavy atom. The molecule has 2 saturated heterocycles. The molecule has 2 fully saturated rings. The van der Waals surface area contributed by atoms with Crippen LogP contribution >= 0.6 is 0 Å². The summed E-state index contributed by atoms with van der Waals surface area (Å²) in [5.74, 6) is 3.12. The number of nitrogens with one attached hydrogen (secondary N) is 3. The Kier molecular flexibility index (Phi) is 8.15. The molecule has 2 aliphatic rings. The van der Waals surface area contributed by atoms with E-state index in [9.17, 15) is 9.90 Å². The SMILES string of the molecule is CCOc1ccnc(Nc2cc(N3CC4(CCN(C(C)=O)CC4)C3)nc(/C(C=N)=C/NCC(C)(C)O)n2)c1. The molecule has 4 heterocycles. The molecule has 38 heavy (non-hydrogen) atoms. The summed E-state index contributed by atoms with van der Waals surface area (Å²) >= 11 is 0. The Balaban J connectivity index is 1.58. The first-order chi connectivity index (χ1) is 18.1. The van der Waals surface area contributed by atoms with Gasteiger partial charge < -0.3 is 35.7 Å². The van der Waals surface area contributed by atoms with E-state index in [1.165, 1.54) is 6.21 Å². The molecule has 4 N–H and O–H groups in total. The summed E-state index contributed by atoms with van der Waals surface area (Å²) in [6, 6.07) is 5.50. The van der Waals surface area contributed by atoms with E-state index in [0.29, 0.717) is 41.9 Å². The summed E-state index contributed by atoms with van der Waals surface area (Å²) in [5.41, 5.74) is -0.229. The molecular formula is C27H38N8O3. The number of pyridine rings is 1. The maximum absolute atomic E-state index is 11.7. The Hall–Kier alpha value is -3.73. The zero-order valence-electron chi connectivity index (χ0n) is 22.6. The van der Waals surface area contributed by atoms with E-state index in [2.05, 4.69) is 25.5 Å². The van der Waals surface area contributed by atoms with Gasteiger partial charge in [-0.25, -0.2) is 15.0 Å². The molecule has 1 amide bonds. The summed E-state index contributed by atoms with van der Waals surface area (Å²) in [4.78, 5) is 29.7. The number of aliphatic hydroxyl groups is 1. The molecule has 0 bridgehead atoms. The van der Waals surface area contributed by atoms with Crippen molar-refractivity contribution < 1.29 is 14.6 Å². The van der Waals surface area contributed by atoms with E-state index in [-0.39, 0.29) is 11.3 Å². The number of anilines is 3. The van der Waals surface area contributed by atoms with Gasteiger partial charge in [-0.1, -0.05) is 0 Å². The Labute approximate surface area is 223 Å². The summed E-state index contributed by atoms with van der Waals surface area (Å²) in [6.45, 7) is 11.1. The molecular weight excluding hydrogens is 484 g/mol. The molecule has 2 aromatic heterocycles. The maximum atomic E-state index is 11.7. The number of ether oxygens (including phenoxy) is 1. The van der Waals surface area contributed by atoms with Gasteiger partial charge in [-0.15, -0.1) is 0 Å². The highest BCUT2D eigenvalue weighted by atomic mass is 16.5. The number of likely N-dealkylation sites (tertiary alicyclic amines) is 1. The minimum absolute atomic E-state index is 0.137. The van der Waals surface area contributed by atoms with Crippen LogP contribution in [0, 0.1) is 10.8 Å². The molecule has 11 heteroatoms. The van der Waals surface area contributed by atoms with Gasteiger partial charge in [0.2, 0.25) is 5.91 Å². The van der Waals surface area contributed by atoms with E-state index in [0.717, 1.165) is 44.8 Å². The van der Waals surface area contributed by atoms with E-state index in [1.54, 1.807) is 39.2 Å². The standard InChI is InChI=1S/C27H38N8O3/c1-5-38-21-6-9-30-22(12-21)31-23-13-24(33-25(32-23)20(14-28)15-29-16-26(3,4)37)35-17-27(18-35)7-10-34(11-8-27)19(2)36/h6,9,12-15,28-29,37H,5,7-8,10-11,16-18H2,1-4H3,(H,30,31,32,33)/b20-15+,28-14?. The van der Waals surface area contributed by atoms with Crippen molar-refractivity contribution in [2.45, 2.75) is 46.1 Å². The molecule has 0 atom stereocenters. The van der Waals surface area contributed by atoms with Gasteiger partial charge in [0.05, 0.1) is 17.8 Å². The predicted molar refractivity (Wildman–Crippen MR) is 148 cm³/mol. The molecule has 2 aromatic rings. The van der Waals surface area contributed by atoms with E-state index >= 15 is 0 Å². The third kappa shape index (κ3) is 6.77. The lowest BCUT2D eigenvalue weighted by molar-refractivity contribution is -0.131. The van der Waals surface area contributed by atoms with Crippen LogP contribution in [0.4, 0.5) is 17.5 Å². The van der Waals surface area contributed by atoms with Crippen molar-refractivity contribution >= 4 is 35.1 Å². The third-order valence-electron chi connectivity index (χ3n) is 6.86. The van der Waals surface area contributed by atoms with Crippen LogP contribution in [0.2, 0.25) is 0 Å².